The fraction of sp³-hybridized carbons (Fsp3) is 0.0877. The molecule has 3 aliphatic rings. The average molecular weight is 740 g/mol. The van der Waals surface area contributed by atoms with Gasteiger partial charge in [-0.15, -0.1) is 0 Å². The zero-order valence-corrected chi connectivity index (χ0v) is 32.3. The largest absolute Gasteiger partial charge is 0.309 e. The van der Waals surface area contributed by atoms with Crippen LogP contribution in [-0.2, 0) is 18.3 Å². The van der Waals surface area contributed by atoms with Gasteiger partial charge < -0.3 is 4.90 Å². The summed E-state index contributed by atoms with van der Waals surface area (Å²) >= 11 is 0. The molecular weight excluding hydrogens is 699 g/mol. The van der Waals surface area contributed by atoms with Gasteiger partial charge in [0.2, 0.25) is 0 Å². The van der Waals surface area contributed by atoms with Crippen LogP contribution in [0.3, 0.4) is 0 Å². The number of fused-ring (bicyclic) bond motifs is 12. The van der Waals surface area contributed by atoms with Crippen molar-refractivity contribution >= 4 is 27.8 Å². The Bertz CT molecular complexity index is 3010. The highest BCUT2D eigenvalue weighted by molar-refractivity contribution is 6.04. The van der Waals surface area contributed by atoms with E-state index in [0.29, 0.717) is 0 Å². The Morgan fingerprint density at radius 3 is 1.64 bits per heavy atom. The van der Waals surface area contributed by atoms with Crippen LogP contribution in [0.25, 0.3) is 55.3 Å². The van der Waals surface area contributed by atoms with Crippen LogP contribution in [0.15, 0.2) is 200 Å². The molecule has 1 spiro atoms. The molecule has 0 amide bonds. The van der Waals surface area contributed by atoms with Crippen molar-refractivity contribution in [1.82, 2.24) is 0 Å². The number of para-hydroxylation sites is 1. The minimum atomic E-state index is -0.455. The topological polar surface area (TPSA) is 3.24 Å². The first-order chi connectivity index (χ1) is 28.8. The normalized spacial score (nSPS) is 14.1. The highest BCUT2D eigenvalue weighted by Crippen LogP contribution is 2.64. The third-order valence-electron chi connectivity index (χ3n) is 13.3. The minimum Gasteiger partial charge on any atom is -0.309 e. The first-order valence-electron chi connectivity index (χ1n) is 20.8. The van der Waals surface area contributed by atoms with Crippen molar-refractivity contribution in [3.8, 4) is 44.5 Å². The zero-order chi connectivity index (χ0) is 38.2. The molecule has 0 bridgehead atoms. The lowest BCUT2D eigenvalue weighted by molar-refractivity contribution is 0.687. The fourth-order valence-electron chi connectivity index (χ4n) is 10.8. The summed E-state index contributed by atoms with van der Waals surface area (Å²) in [7, 11) is 0. The molecule has 1 heteroatoms. The van der Waals surface area contributed by atoms with E-state index in [1.165, 1.54) is 114 Å². The van der Waals surface area contributed by atoms with Crippen LogP contribution in [0.2, 0.25) is 0 Å². The fourth-order valence-corrected chi connectivity index (χ4v) is 10.8. The third kappa shape index (κ3) is 4.77. The standard InChI is InChI=1S/C57H41N/c1-2-20-42(21-3-1)58(55-31-15-19-39-17-5-7-23-45(39)55)56-37-54-50(36-49(56)41-34-32-40(33-35-41)44-27-14-18-38-16-4-6-22-43(38)44)48-26-10-13-30-53(48)57(54)51-28-11-8-24-46(51)47-25-9-12-29-52(47)57/h1-3,5,7-15,17-21,23-37H,4,6,16,22H2. The highest BCUT2D eigenvalue weighted by Gasteiger charge is 2.52. The summed E-state index contributed by atoms with van der Waals surface area (Å²) in [6.07, 6.45) is 4.89. The Balaban J connectivity index is 1.17. The number of nitrogens with zero attached hydrogens (tertiary/aromatic N) is 1. The molecule has 0 radical (unpaired) electrons. The van der Waals surface area contributed by atoms with Crippen LogP contribution >= 0.6 is 0 Å². The maximum absolute atomic E-state index is 2.56. The van der Waals surface area contributed by atoms with Gasteiger partial charge in [-0.2, -0.15) is 0 Å². The lowest BCUT2D eigenvalue weighted by Crippen LogP contribution is -2.26. The molecule has 9 aromatic rings. The summed E-state index contributed by atoms with van der Waals surface area (Å²) in [4.78, 5) is 2.52. The predicted octanol–water partition coefficient (Wildman–Crippen LogP) is 14.9. The Morgan fingerprint density at radius 2 is 0.914 bits per heavy atom. The van der Waals surface area contributed by atoms with Gasteiger partial charge in [0, 0.05) is 16.6 Å². The molecule has 0 unspecified atom stereocenters. The van der Waals surface area contributed by atoms with Crippen LogP contribution in [0, 0.1) is 0 Å². The van der Waals surface area contributed by atoms with Crippen molar-refractivity contribution in [1.29, 1.82) is 0 Å². The van der Waals surface area contributed by atoms with Crippen molar-refractivity contribution in [2.24, 2.45) is 0 Å². The summed E-state index contributed by atoms with van der Waals surface area (Å²) in [6, 6.07) is 75.3. The Hall–Kier alpha value is -6.96. The number of hydrogen-bond acceptors (Lipinski definition) is 1. The molecule has 0 aromatic heterocycles. The van der Waals surface area contributed by atoms with E-state index in [4.69, 9.17) is 0 Å². The Labute approximate surface area is 340 Å². The first kappa shape index (κ1) is 33.2. The number of rotatable bonds is 5. The van der Waals surface area contributed by atoms with Crippen molar-refractivity contribution in [3.05, 3.63) is 234 Å². The summed E-state index contributed by atoms with van der Waals surface area (Å²) in [5.41, 5.74) is 21.8. The molecule has 9 aromatic carbocycles. The van der Waals surface area contributed by atoms with Gasteiger partial charge in [-0.3, -0.25) is 0 Å². The molecule has 1 nitrogen and oxygen atoms in total. The van der Waals surface area contributed by atoms with Crippen LogP contribution in [0.4, 0.5) is 17.1 Å². The van der Waals surface area contributed by atoms with Crippen LogP contribution in [0.5, 0.6) is 0 Å². The zero-order valence-electron chi connectivity index (χ0n) is 32.3. The van der Waals surface area contributed by atoms with E-state index in [-0.39, 0.29) is 0 Å². The lowest BCUT2D eigenvalue weighted by atomic mass is 9.70. The minimum absolute atomic E-state index is 0.455. The summed E-state index contributed by atoms with van der Waals surface area (Å²) < 4.78 is 0. The monoisotopic (exact) mass is 739 g/mol. The predicted molar refractivity (Wildman–Crippen MR) is 242 cm³/mol. The van der Waals surface area contributed by atoms with Gasteiger partial charge in [0.25, 0.3) is 0 Å². The SMILES string of the molecule is c1ccc(N(c2cc3c(cc2-c2ccc(-c4cccc5c4CCCC5)cc2)-c2ccccc2C32c3ccccc3-c3ccccc32)c2cccc3ccccc23)cc1. The molecule has 0 atom stereocenters. The van der Waals surface area contributed by atoms with E-state index >= 15 is 0 Å². The molecule has 0 heterocycles. The van der Waals surface area contributed by atoms with Gasteiger partial charge in [-0.1, -0.05) is 170 Å². The Morgan fingerprint density at radius 1 is 0.362 bits per heavy atom. The molecule has 0 saturated heterocycles. The van der Waals surface area contributed by atoms with E-state index in [1.807, 2.05) is 0 Å². The average Bonchev–Trinajstić information content (AvgIpc) is 3.76. The highest BCUT2D eigenvalue weighted by atomic mass is 15.1. The van der Waals surface area contributed by atoms with Crippen molar-refractivity contribution in [2.45, 2.75) is 31.1 Å². The van der Waals surface area contributed by atoms with Gasteiger partial charge >= 0.3 is 0 Å². The van der Waals surface area contributed by atoms with Gasteiger partial charge in [0.05, 0.1) is 16.8 Å². The Kier molecular flexibility index (Phi) is 7.47. The second-order valence-corrected chi connectivity index (χ2v) is 16.2. The second-order valence-electron chi connectivity index (χ2n) is 16.2. The molecule has 58 heavy (non-hydrogen) atoms. The second kappa shape index (κ2) is 13.0. The molecular formula is C57H41N. The molecule has 0 aliphatic heterocycles. The van der Waals surface area contributed by atoms with E-state index in [2.05, 4.69) is 205 Å². The summed E-state index contributed by atoms with van der Waals surface area (Å²) in [6.45, 7) is 0. The molecule has 0 saturated carbocycles. The summed E-state index contributed by atoms with van der Waals surface area (Å²) in [5.74, 6) is 0. The van der Waals surface area contributed by atoms with Crippen LogP contribution in [-0.4, -0.2) is 0 Å². The van der Waals surface area contributed by atoms with E-state index < -0.39 is 5.41 Å². The van der Waals surface area contributed by atoms with E-state index in [0.717, 1.165) is 17.8 Å². The molecule has 0 N–H and O–H groups in total. The van der Waals surface area contributed by atoms with Crippen molar-refractivity contribution in [2.75, 3.05) is 4.90 Å². The number of anilines is 3. The van der Waals surface area contributed by atoms with Gasteiger partial charge in [-0.25, -0.2) is 0 Å². The first-order valence-corrected chi connectivity index (χ1v) is 20.8. The summed E-state index contributed by atoms with van der Waals surface area (Å²) in [5, 5.41) is 2.45. The molecule has 274 valence electrons. The molecule has 12 rings (SSSR count). The number of hydrogen-bond donors (Lipinski definition) is 0. The van der Waals surface area contributed by atoms with E-state index in [9.17, 15) is 0 Å². The molecule has 0 fully saturated rings. The van der Waals surface area contributed by atoms with Crippen molar-refractivity contribution < 1.29 is 0 Å². The number of aryl methyl sites for hydroxylation is 1. The molecule has 3 aliphatic carbocycles. The van der Waals surface area contributed by atoms with Crippen molar-refractivity contribution in [3.63, 3.8) is 0 Å². The smallest absolute Gasteiger partial charge is 0.0726 e. The maximum Gasteiger partial charge on any atom is 0.0726 e. The number of benzene rings is 9. The third-order valence-corrected chi connectivity index (χ3v) is 13.3. The van der Waals surface area contributed by atoms with Crippen LogP contribution in [0.1, 0.15) is 46.2 Å². The van der Waals surface area contributed by atoms with Gasteiger partial charge in [0.15, 0.2) is 0 Å². The van der Waals surface area contributed by atoms with Crippen LogP contribution < -0.4 is 4.90 Å². The van der Waals surface area contributed by atoms with E-state index in [1.54, 1.807) is 0 Å². The quantitative estimate of drug-likeness (QED) is 0.170. The van der Waals surface area contributed by atoms with Gasteiger partial charge in [0.1, 0.15) is 0 Å². The maximum atomic E-state index is 2.56. The van der Waals surface area contributed by atoms with Gasteiger partial charge in [-0.05, 0) is 134 Å². The lowest BCUT2D eigenvalue weighted by Gasteiger charge is -2.33.